The van der Waals surface area contributed by atoms with Crippen molar-refractivity contribution in [2.75, 3.05) is 20.3 Å². The van der Waals surface area contributed by atoms with Crippen LogP contribution in [0.3, 0.4) is 0 Å². The quantitative estimate of drug-likeness (QED) is 0.785. The molecule has 0 amide bonds. The van der Waals surface area contributed by atoms with Gasteiger partial charge in [0.2, 0.25) is 0 Å². The lowest BCUT2D eigenvalue weighted by molar-refractivity contribution is -0.0702. The molecule has 0 saturated carbocycles. The Morgan fingerprint density at radius 2 is 1.86 bits per heavy atom. The van der Waals surface area contributed by atoms with E-state index in [0.29, 0.717) is 31.6 Å². The zero-order chi connectivity index (χ0) is 15.1. The maximum Gasteiger partial charge on any atom is 0.166 e. The molecule has 0 aliphatic carbocycles. The first-order valence-electron chi connectivity index (χ1n) is 7.27. The van der Waals surface area contributed by atoms with Crippen molar-refractivity contribution in [2.45, 2.75) is 31.8 Å². The van der Waals surface area contributed by atoms with Crippen molar-refractivity contribution in [3.8, 4) is 0 Å². The Morgan fingerprint density at radius 1 is 1.24 bits per heavy atom. The summed E-state index contributed by atoms with van der Waals surface area (Å²) in [4.78, 5) is 14.9. The fourth-order valence-corrected chi connectivity index (χ4v) is 3.45. The monoisotopic (exact) mass is 295 g/mol. The van der Waals surface area contributed by atoms with Gasteiger partial charge in [0, 0.05) is 23.6 Å². The number of halogens is 2. The van der Waals surface area contributed by atoms with Crippen LogP contribution in [0, 0.1) is 24.5 Å². The third kappa shape index (κ3) is 2.49. The number of carbonyl (C=O) groups excluding carboxylic acids is 1. The standard InChI is InChI=1S/C16H19F2NO2/c1-9-13(3-4-14(17)15(9)18)16(20)10-5-11-7-21-8-12(6-10)19(11)2/h3-4,10-12H,5-8H2,1-2H3. The summed E-state index contributed by atoms with van der Waals surface area (Å²) < 4.78 is 32.4. The van der Waals surface area contributed by atoms with Gasteiger partial charge in [-0.2, -0.15) is 0 Å². The first-order chi connectivity index (χ1) is 9.99. The van der Waals surface area contributed by atoms with Crippen LogP contribution in [0.15, 0.2) is 12.1 Å². The number of nitrogens with zero attached hydrogens (tertiary/aromatic N) is 1. The SMILES string of the molecule is Cc1c(C(=O)C2CC3COCC(C2)N3C)ccc(F)c1F. The summed E-state index contributed by atoms with van der Waals surface area (Å²) in [5.74, 6) is -2.03. The highest BCUT2D eigenvalue weighted by Gasteiger charge is 2.40. The van der Waals surface area contributed by atoms with E-state index in [4.69, 9.17) is 4.74 Å². The highest BCUT2D eigenvalue weighted by molar-refractivity contribution is 5.99. The molecular weight excluding hydrogens is 276 g/mol. The molecule has 2 aliphatic heterocycles. The summed E-state index contributed by atoms with van der Waals surface area (Å²) in [6, 6.07) is 2.91. The van der Waals surface area contributed by atoms with Crippen LogP contribution in [0.5, 0.6) is 0 Å². The smallest absolute Gasteiger partial charge is 0.166 e. The molecule has 2 atom stereocenters. The molecule has 2 heterocycles. The van der Waals surface area contributed by atoms with E-state index in [0.717, 1.165) is 6.07 Å². The van der Waals surface area contributed by atoms with Gasteiger partial charge >= 0.3 is 0 Å². The van der Waals surface area contributed by atoms with Crippen molar-refractivity contribution in [3.05, 3.63) is 34.9 Å². The summed E-state index contributed by atoms with van der Waals surface area (Å²) in [6.45, 7) is 2.73. The summed E-state index contributed by atoms with van der Waals surface area (Å²) in [5, 5.41) is 0. The average molecular weight is 295 g/mol. The van der Waals surface area contributed by atoms with Crippen molar-refractivity contribution in [2.24, 2.45) is 5.92 Å². The van der Waals surface area contributed by atoms with E-state index in [1.54, 1.807) is 0 Å². The van der Waals surface area contributed by atoms with Gasteiger partial charge in [-0.3, -0.25) is 9.69 Å². The maximum atomic E-state index is 13.7. The minimum Gasteiger partial charge on any atom is -0.378 e. The second-order valence-electron chi connectivity index (χ2n) is 6.08. The van der Waals surface area contributed by atoms with Crippen molar-refractivity contribution >= 4 is 5.78 Å². The van der Waals surface area contributed by atoms with E-state index in [-0.39, 0.29) is 29.3 Å². The molecule has 0 aromatic heterocycles. The molecule has 2 aliphatic rings. The molecule has 2 saturated heterocycles. The Bertz CT molecular complexity index is 562. The fraction of sp³-hybridized carbons (Fsp3) is 0.562. The largest absolute Gasteiger partial charge is 0.378 e. The zero-order valence-electron chi connectivity index (χ0n) is 12.2. The van der Waals surface area contributed by atoms with Crippen molar-refractivity contribution in [1.82, 2.24) is 4.90 Å². The van der Waals surface area contributed by atoms with E-state index in [2.05, 4.69) is 11.9 Å². The number of likely N-dealkylation sites (N-methyl/N-ethyl adjacent to an activating group) is 1. The van der Waals surface area contributed by atoms with Crippen LogP contribution in [0.4, 0.5) is 8.78 Å². The van der Waals surface area contributed by atoms with Crippen LogP contribution in [0.25, 0.3) is 0 Å². The van der Waals surface area contributed by atoms with Crippen molar-refractivity contribution in [1.29, 1.82) is 0 Å². The number of benzene rings is 1. The Balaban J connectivity index is 1.85. The lowest BCUT2D eigenvalue weighted by Crippen LogP contribution is -2.55. The molecule has 21 heavy (non-hydrogen) atoms. The van der Waals surface area contributed by atoms with E-state index in [1.165, 1.54) is 13.0 Å². The molecule has 2 fully saturated rings. The lowest BCUT2D eigenvalue weighted by Gasteiger charge is -2.46. The average Bonchev–Trinajstić information content (AvgIpc) is 2.44. The Labute approximate surface area is 122 Å². The molecule has 2 bridgehead atoms. The van der Waals surface area contributed by atoms with Crippen LogP contribution >= 0.6 is 0 Å². The number of carbonyl (C=O) groups is 1. The molecule has 2 unspecified atom stereocenters. The number of hydrogen-bond acceptors (Lipinski definition) is 3. The van der Waals surface area contributed by atoms with Gasteiger partial charge in [-0.1, -0.05) is 0 Å². The number of Topliss-reactive ketones (excluding diaryl/α,β-unsaturated/α-hetero) is 1. The molecule has 5 heteroatoms. The van der Waals surface area contributed by atoms with Crippen molar-refractivity contribution in [3.63, 3.8) is 0 Å². The normalized spacial score (nSPS) is 29.4. The van der Waals surface area contributed by atoms with Gasteiger partial charge in [-0.25, -0.2) is 8.78 Å². The lowest BCUT2D eigenvalue weighted by atomic mass is 9.80. The van der Waals surface area contributed by atoms with E-state index >= 15 is 0 Å². The molecular formula is C16H19F2NO2. The van der Waals surface area contributed by atoms with Gasteiger partial charge in [-0.05, 0) is 44.5 Å². The first kappa shape index (κ1) is 14.6. The molecule has 3 rings (SSSR count). The molecule has 1 aromatic rings. The van der Waals surface area contributed by atoms with Gasteiger partial charge in [0.05, 0.1) is 13.2 Å². The molecule has 3 nitrogen and oxygen atoms in total. The Kier molecular flexibility index (Phi) is 3.80. The first-order valence-corrected chi connectivity index (χ1v) is 7.27. The van der Waals surface area contributed by atoms with E-state index in [1.807, 2.05) is 0 Å². The van der Waals surface area contributed by atoms with E-state index < -0.39 is 11.6 Å². The molecule has 1 aromatic carbocycles. The van der Waals surface area contributed by atoms with Gasteiger partial charge in [0.15, 0.2) is 17.4 Å². The van der Waals surface area contributed by atoms with E-state index in [9.17, 15) is 13.6 Å². The van der Waals surface area contributed by atoms with Crippen LogP contribution in [-0.2, 0) is 4.74 Å². The van der Waals surface area contributed by atoms with Crippen LogP contribution in [0.2, 0.25) is 0 Å². The van der Waals surface area contributed by atoms with Gasteiger partial charge < -0.3 is 4.74 Å². The summed E-state index contributed by atoms with van der Waals surface area (Å²) in [7, 11) is 2.06. The third-order valence-electron chi connectivity index (χ3n) is 4.86. The number of ketones is 1. The summed E-state index contributed by atoms with van der Waals surface area (Å²) in [6.07, 6.45) is 1.43. The van der Waals surface area contributed by atoms with Crippen LogP contribution in [-0.4, -0.2) is 43.0 Å². The molecule has 114 valence electrons. The van der Waals surface area contributed by atoms with Crippen LogP contribution in [0.1, 0.15) is 28.8 Å². The Morgan fingerprint density at radius 3 is 2.48 bits per heavy atom. The zero-order valence-corrected chi connectivity index (χ0v) is 12.2. The minimum absolute atomic E-state index is 0.0728. The number of rotatable bonds is 2. The molecule has 0 spiro atoms. The predicted octanol–water partition coefficient (Wildman–Crippen LogP) is 2.57. The van der Waals surface area contributed by atoms with Gasteiger partial charge in [-0.15, -0.1) is 0 Å². The van der Waals surface area contributed by atoms with Gasteiger partial charge in [0.25, 0.3) is 0 Å². The Hall–Kier alpha value is -1.33. The van der Waals surface area contributed by atoms with Crippen LogP contribution < -0.4 is 0 Å². The molecule has 0 N–H and O–H groups in total. The van der Waals surface area contributed by atoms with Crippen molar-refractivity contribution < 1.29 is 18.3 Å². The van der Waals surface area contributed by atoms with Gasteiger partial charge in [0.1, 0.15) is 0 Å². The maximum absolute atomic E-state index is 13.7. The summed E-state index contributed by atoms with van der Waals surface area (Å²) >= 11 is 0. The summed E-state index contributed by atoms with van der Waals surface area (Å²) in [5.41, 5.74) is 0.419. The number of ether oxygens (including phenoxy) is 1. The second kappa shape index (κ2) is 5.46. The number of fused-ring (bicyclic) bond motifs is 2. The third-order valence-corrected chi connectivity index (χ3v) is 4.86. The fourth-order valence-electron chi connectivity index (χ4n) is 3.45. The minimum atomic E-state index is -0.919. The number of piperidine rings is 1. The predicted molar refractivity (Wildman–Crippen MR) is 74.3 cm³/mol. The molecule has 0 radical (unpaired) electrons. The number of morpholine rings is 1. The number of hydrogen-bond donors (Lipinski definition) is 0. The topological polar surface area (TPSA) is 29.5 Å². The second-order valence-corrected chi connectivity index (χ2v) is 6.08. The highest BCUT2D eigenvalue weighted by atomic mass is 19.2. The highest BCUT2D eigenvalue weighted by Crippen LogP contribution is 2.33.